The summed E-state index contributed by atoms with van der Waals surface area (Å²) in [6.45, 7) is 3.17. The van der Waals surface area contributed by atoms with Crippen LogP contribution in [0.25, 0.3) is 10.9 Å². The number of carbonyl (C=O) groups excluding carboxylic acids is 1. The van der Waals surface area contributed by atoms with Crippen molar-refractivity contribution < 1.29 is 14.3 Å². The number of methoxy groups -OCH3 is 1. The lowest BCUT2D eigenvalue weighted by molar-refractivity contribution is 0.193. The molecule has 0 aliphatic carbocycles. The Morgan fingerprint density at radius 2 is 1.76 bits per heavy atom. The van der Waals surface area contributed by atoms with Crippen molar-refractivity contribution in [3.05, 3.63) is 89.6 Å². The Morgan fingerprint density at radius 3 is 2.48 bits per heavy atom. The molecule has 6 nitrogen and oxygen atoms in total. The normalized spacial score (nSPS) is 15.2. The minimum Gasteiger partial charge on any atom is -0.497 e. The van der Waals surface area contributed by atoms with Gasteiger partial charge in [0.15, 0.2) is 0 Å². The molecule has 0 saturated heterocycles. The molecule has 1 aliphatic rings. The standard InChI is InChI=1S/C27H27N3O3/c1-3-33-21-14-10-19(11-15-21)28-27(31)30-17-16-23-22-6-4-5-7-24(22)29-25(23)26(30)18-8-12-20(32-2)13-9-18/h4-15,26,29H,3,16-17H2,1-2H3,(H,28,31). The smallest absolute Gasteiger partial charge is 0.322 e. The monoisotopic (exact) mass is 441 g/mol. The van der Waals surface area contributed by atoms with Gasteiger partial charge >= 0.3 is 6.03 Å². The number of amides is 2. The van der Waals surface area contributed by atoms with Crippen LogP contribution in [-0.4, -0.2) is 36.2 Å². The van der Waals surface area contributed by atoms with E-state index in [1.807, 2.05) is 66.4 Å². The average molecular weight is 442 g/mol. The van der Waals surface area contributed by atoms with Crippen molar-refractivity contribution in [2.45, 2.75) is 19.4 Å². The number of para-hydroxylation sites is 1. The summed E-state index contributed by atoms with van der Waals surface area (Å²) in [6.07, 6.45) is 0.794. The molecule has 4 aromatic rings. The van der Waals surface area contributed by atoms with Crippen LogP contribution in [0.1, 0.15) is 29.8 Å². The van der Waals surface area contributed by atoms with Crippen LogP contribution in [0, 0.1) is 0 Å². The molecule has 1 unspecified atom stereocenters. The van der Waals surface area contributed by atoms with Gasteiger partial charge in [-0.05, 0) is 66.9 Å². The molecule has 3 aromatic carbocycles. The van der Waals surface area contributed by atoms with E-state index in [0.717, 1.165) is 40.4 Å². The quantitative estimate of drug-likeness (QED) is 0.414. The van der Waals surface area contributed by atoms with Crippen LogP contribution in [0.15, 0.2) is 72.8 Å². The predicted molar refractivity (Wildman–Crippen MR) is 130 cm³/mol. The van der Waals surface area contributed by atoms with Gasteiger partial charge in [0.1, 0.15) is 11.5 Å². The van der Waals surface area contributed by atoms with Gasteiger partial charge in [-0.2, -0.15) is 0 Å². The Bertz CT molecular complexity index is 1260. The molecular weight excluding hydrogens is 414 g/mol. The van der Waals surface area contributed by atoms with E-state index in [4.69, 9.17) is 9.47 Å². The van der Waals surface area contributed by atoms with Crippen LogP contribution < -0.4 is 14.8 Å². The molecule has 2 amide bonds. The highest BCUT2D eigenvalue weighted by atomic mass is 16.5. The molecule has 33 heavy (non-hydrogen) atoms. The lowest BCUT2D eigenvalue weighted by atomic mass is 9.92. The molecule has 5 rings (SSSR count). The first-order chi connectivity index (χ1) is 16.2. The van der Waals surface area contributed by atoms with E-state index in [-0.39, 0.29) is 12.1 Å². The maximum atomic E-state index is 13.5. The van der Waals surface area contributed by atoms with E-state index < -0.39 is 0 Å². The summed E-state index contributed by atoms with van der Waals surface area (Å²) >= 11 is 0. The van der Waals surface area contributed by atoms with Crippen molar-refractivity contribution in [3.63, 3.8) is 0 Å². The second-order valence-corrected chi connectivity index (χ2v) is 8.07. The Hall–Kier alpha value is -3.93. The topological polar surface area (TPSA) is 66.6 Å². The third-order valence-corrected chi connectivity index (χ3v) is 6.14. The SMILES string of the molecule is CCOc1ccc(NC(=O)N2CCc3c([nH]c4ccccc34)C2c2ccc(OC)cc2)cc1. The number of nitrogens with zero attached hydrogens (tertiary/aromatic N) is 1. The maximum absolute atomic E-state index is 13.5. The van der Waals surface area contributed by atoms with Gasteiger partial charge in [-0.3, -0.25) is 0 Å². The van der Waals surface area contributed by atoms with Crippen molar-refractivity contribution in [1.29, 1.82) is 0 Å². The molecule has 1 atom stereocenters. The number of carbonyl (C=O) groups is 1. The van der Waals surface area contributed by atoms with Crippen molar-refractivity contribution in [1.82, 2.24) is 9.88 Å². The fraction of sp³-hybridized carbons (Fsp3) is 0.222. The van der Waals surface area contributed by atoms with Crippen LogP contribution in [0.3, 0.4) is 0 Å². The first kappa shape index (κ1) is 20.9. The van der Waals surface area contributed by atoms with E-state index in [1.165, 1.54) is 10.9 Å². The van der Waals surface area contributed by atoms with Gasteiger partial charge in [0, 0.05) is 28.8 Å². The summed E-state index contributed by atoms with van der Waals surface area (Å²) in [5.74, 6) is 1.57. The van der Waals surface area contributed by atoms with Crippen LogP contribution in [-0.2, 0) is 6.42 Å². The number of fused-ring (bicyclic) bond motifs is 3. The summed E-state index contributed by atoms with van der Waals surface area (Å²) in [5, 5.41) is 4.28. The first-order valence-corrected chi connectivity index (χ1v) is 11.2. The molecule has 1 aromatic heterocycles. The highest BCUT2D eigenvalue weighted by Gasteiger charge is 2.34. The van der Waals surface area contributed by atoms with Gasteiger partial charge in [-0.25, -0.2) is 4.79 Å². The van der Waals surface area contributed by atoms with Crippen LogP contribution in [0.5, 0.6) is 11.5 Å². The van der Waals surface area contributed by atoms with Gasteiger partial charge < -0.3 is 24.7 Å². The third-order valence-electron chi connectivity index (χ3n) is 6.14. The summed E-state index contributed by atoms with van der Waals surface area (Å²) in [5.41, 5.74) is 5.20. The molecule has 1 aliphatic heterocycles. The van der Waals surface area contributed by atoms with Crippen molar-refractivity contribution in [2.24, 2.45) is 0 Å². The lowest BCUT2D eigenvalue weighted by Gasteiger charge is -2.36. The molecule has 168 valence electrons. The molecule has 0 bridgehead atoms. The number of anilines is 1. The Morgan fingerprint density at radius 1 is 1.03 bits per heavy atom. The number of urea groups is 1. The van der Waals surface area contributed by atoms with Gasteiger partial charge in [0.05, 0.1) is 19.8 Å². The van der Waals surface area contributed by atoms with Gasteiger partial charge in [0.2, 0.25) is 0 Å². The number of hydrogen-bond donors (Lipinski definition) is 2. The number of H-pyrrole nitrogens is 1. The Kier molecular flexibility index (Phi) is 5.65. The molecule has 0 spiro atoms. The zero-order valence-electron chi connectivity index (χ0n) is 18.8. The largest absolute Gasteiger partial charge is 0.497 e. The number of nitrogens with one attached hydrogen (secondary N) is 2. The van der Waals surface area contributed by atoms with Crippen LogP contribution in [0.4, 0.5) is 10.5 Å². The molecule has 0 saturated carbocycles. The van der Waals surface area contributed by atoms with Gasteiger partial charge in [0.25, 0.3) is 0 Å². The van der Waals surface area contributed by atoms with Crippen LogP contribution in [0.2, 0.25) is 0 Å². The molecule has 6 heteroatoms. The predicted octanol–water partition coefficient (Wildman–Crippen LogP) is 5.75. The van der Waals surface area contributed by atoms with Crippen molar-refractivity contribution >= 4 is 22.6 Å². The molecular formula is C27H27N3O3. The van der Waals surface area contributed by atoms with Crippen molar-refractivity contribution in [3.8, 4) is 11.5 Å². The van der Waals surface area contributed by atoms with E-state index in [0.29, 0.717) is 13.2 Å². The van der Waals surface area contributed by atoms with Crippen LogP contribution >= 0.6 is 0 Å². The third kappa shape index (κ3) is 4.00. The van der Waals surface area contributed by atoms with E-state index in [2.05, 4.69) is 28.5 Å². The Balaban J connectivity index is 1.50. The fourth-order valence-electron chi connectivity index (χ4n) is 4.59. The van der Waals surface area contributed by atoms with E-state index in [1.54, 1.807) is 7.11 Å². The number of rotatable bonds is 5. The van der Waals surface area contributed by atoms with Crippen molar-refractivity contribution in [2.75, 3.05) is 25.6 Å². The fourth-order valence-corrected chi connectivity index (χ4v) is 4.59. The summed E-state index contributed by atoms with van der Waals surface area (Å²) < 4.78 is 10.8. The highest BCUT2D eigenvalue weighted by molar-refractivity contribution is 5.91. The first-order valence-electron chi connectivity index (χ1n) is 11.2. The zero-order chi connectivity index (χ0) is 22.8. The average Bonchev–Trinajstić information content (AvgIpc) is 3.23. The lowest BCUT2D eigenvalue weighted by Crippen LogP contribution is -2.43. The molecule has 2 heterocycles. The minimum atomic E-state index is -0.227. The number of aromatic nitrogens is 1. The minimum absolute atomic E-state index is 0.135. The summed E-state index contributed by atoms with van der Waals surface area (Å²) in [4.78, 5) is 18.9. The second-order valence-electron chi connectivity index (χ2n) is 8.07. The number of ether oxygens (including phenoxy) is 2. The number of hydrogen-bond acceptors (Lipinski definition) is 3. The van der Waals surface area contributed by atoms with E-state index >= 15 is 0 Å². The van der Waals surface area contributed by atoms with E-state index in [9.17, 15) is 4.79 Å². The molecule has 2 N–H and O–H groups in total. The highest BCUT2D eigenvalue weighted by Crippen LogP contribution is 2.39. The van der Waals surface area contributed by atoms with Gasteiger partial charge in [-0.15, -0.1) is 0 Å². The number of aromatic amines is 1. The zero-order valence-corrected chi connectivity index (χ0v) is 18.8. The Labute approximate surface area is 193 Å². The summed E-state index contributed by atoms with van der Waals surface area (Å²) in [6, 6.07) is 23.4. The molecule has 0 radical (unpaired) electrons. The summed E-state index contributed by atoms with van der Waals surface area (Å²) in [7, 11) is 1.65. The van der Waals surface area contributed by atoms with Gasteiger partial charge in [-0.1, -0.05) is 30.3 Å². The number of benzene rings is 3. The maximum Gasteiger partial charge on any atom is 0.322 e. The molecule has 0 fully saturated rings. The second kappa shape index (κ2) is 8.90.